The summed E-state index contributed by atoms with van der Waals surface area (Å²) < 4.78 is 19.8. The first-order valence-corrected chi connectivity index (χ1v) is 14.8. The van der Waals surface area contributed by atoms with Crippen molar-refractivity contribution in [2.75, 3.05) is 43.3 Å². The molecule has 0 radical (unpaired) electrons. The number of ether oxygens (including phenoxy) is 2. The van der Waals surface area contributed by atoms with Crippen LogP contribution in [0.25, 0.3) is 0 Å². The van der Waals surface area contributed by atoms with Crippen LogP contribution in [0.1, 0.15) is 34.6 Å². The summed E-state index contributed by atoms with van der Waals surface area (Å²) in [5.41, 5.74) is 11.1. The minimum absolute atomic E-state index is 0.202. The first kappa shape index (κ1) is 30.7. The number of nitrogens with one attached hydrogen (secondary N) is 1. The van der Waals surface area contributed by atoms with Gasteiger partial charge in [0.15, 0.2) is 11.5 Å². The van der Waals surface area contributed by atoms with E-state index in [1.165, 1.54) is 16.7 Å². The van der Waals surface area contributed by atoms with Gasteiger partial charge in [-0.1, -0.05) is 60.7 Å². The Kier molecular flexibility index (Phi) is 10.3. The molecule has 4 aromatic rings. The lowest BCUT2D eigenvalue weighted by atomic mass is 9.88. The molecule has 1 aromatic heterocycles. The van der Waals surface area contributed by atoms with Crippen molar-refractivity contribution in [3.05, 3.63) is 95.1 Å². The van der Waals surface area contributed by atoms with E-state index in [0.29, 0.717) is 30.7 Å². The Labute approximate surface area is 244 Å². The van der Waals surface area contributed by atoms with Crippen LogP contribution in [0.15, 0.2) is 72.8 Å². The minimum atomic E-state index is -4.64. The molecular weight excluding hydrogens is 559 g/mol. The maximum atomic E-state index is 8.88. The van der Waals surface area contributed by atoms with Crippen LogP contribution in [0.3, 0.4) is 0 Å². The second kappa shape index (κ2) is 14.1. The molecule has 1 aliphatic heterocycles. The highest BCUT2D eigenvalue weighted by Crippen LogP contribution is 2.34. The maximum Gasteiger partial charge on any atom is 0.466 e. The molecule has 0 aliphatic carbocycles. The molecule has 0 atom stereocenters. The van der Waals surface area contributed by atoms with Crippen molar-refractivity contribution in [3.63, 3.8) is 0 Å². The fourth-order valence-electron chi connectivity index (χ4n) is 4.88. The van der Waals surface area contributed by atoms with Crippen LogP contribution in [-0.4, -0.2) is 56.9 Å². The largest absolute Gasteiger partial charge is 0.493 e. The van der Waals surface area contributed by atoms with Crippen LogP contribution >= 0.6 is 7.82 Å². The molecule has 0 spiro atoms. The molecule has 0 amide bonds. The normalized spacial score (nSPS) is 12.7. The number of rotatable bonds is 9. The van der Waals surface area contributed by atoms with E-state index in [1.54, 1.807) is 14.2 Å². The van der Waals surface area contributed by atoms with Gasteiger partial charge < -0.3 is 40.1 Å². The fraction of sp³-hybridized carbons (Fsp3) is 0.276. The van der Waals surface area contributed by atoms with Crippen LogP contribution in [0.5, 0.6) is 11.5 Å². The number of phosphoric acid groups is 1. The van der Waals surface area contributed by atoms with Crippen LogP contribution in [0.4, 0.5) is 17.8 Å². The quantitative estimate of drug-likeness (QED) is 0.178. The Bertz CT molecular complexity index is 1460. The molecule has 0 saturated carbocycles. The van der Waals surface area contributed by atoms with Gasteiger partial charge in [0.25, 0.3) is 0 Å². The van der Waals surface area contributed by atoms with Gasteiger partial charge in [0, 0.05) is 25.6 Å². The molecule has 0 fully saturated rings. The third kappa shape index (κ3) is 8.64. The molecule has 0 unspecified atom stereocenters. The number of benzene rings is 3. The van der Waals surface area contributed by atoms with E-state index in [4.69, 9.17) is 39.4 Å². The average Bonchev–Trinajstić information content (AvgIpc) is 2.98. The lowest BCUT2D eigenvalue weighted by Gasteiger charge is -2.29. The Morgan fingerprint density at radius 3 is 2.00 bits per heavy atom. The highest BCUT2D eigenvalue weighted by Gasteiger charge is 2.22. The summed E-state index contributed by atoms with van der Waals surface area (Å²) in [5.74, 6) is 2.98. The molecule has 12 nitrogen and oxygen atoms in total. The summed E-state index contributed by atoms with van der Waals surface area (Å²) >= 11 is 0. The first-order chi connectivity index (χ1) is 20.1. The van der Waals surface area contributed by atoms with Crippen molar-refractivity contribution in [1.29, 1.82) is 0 Å². The van der Waals surface area contributed by atoms with E-state index in [0.717, 1.165) is 30.7 Å². The number of methoxy groups -OCH3 is 2. The Balaban J connectivity index is 0.000000748. The molecular formula is C29H35N6O6P. The molecule has 6 N–H and O–H groups in total. The van der Waals surface area contributed by atoms with Crippen molar-refractivity contribution < 1.29 is 28.7 Å². The van der Waals surface area contributed by atoms with E-state index in [9.17, 15) is 0 Å². The van der Waals surface area contributed by atoms with Gasteiger partial charge in [-0.25, -0.2) is 4.57 Å². The molecule has 0 bridgehead atoms. The van der Waals surface area contributed by atoms with E-state index >= 15 is 0 Å². The lowest BCUT2D eigenvalue weighted by Crippen LogP contribution is -2.32. The van der Waals surface area contributed by atoms with Gasteiger partial charge in [-0.3, -0.25) is 0 Å². The van der Waals surface area contributed by atoms with Crippen molar-refractivity contribution in [2.24, 2.45) is 0 Å². The standard InChI is InChI=1S/C29H32N6O2.H3O4P/c1-36-25-17-22-14-16-35(19-23(22)18-26(25)37-2)29-33-27(30)32-28(34-29)31-15-13-24(20-9-5-3-6-10-20)21-11-7-4-8-12-21;1-5(2,3)4/h3-12,17-18,24H,13-16,19H2,1-2H3,(H3,30,31,32,33,34);(H3,1,2,3,4). The summed E-state index contributed by atoms with van der Waals surface area (Å²) in [7, 11) is -1.33. The molecule has 2 heterocycles. The third-order valence-electron chi connectivity index (χ3n) is 6.76. The number of anilines is 3. The SMILES string of the molecule is COc1cc2c(cc1OC)CN(c1nc(N)nc(NCCC(c3ccccc3)c3ccccc3)n1)CC2.O=P(O)(O)O. The maximum absolute atomic E-state index is 8.88. The van der Waals surface area contributed by atoms with Crippen LogP contribution in [0.2, 0.25) is 0 Å². The smallest absolute Gasteiger partial charge is 0.466 e. The fourth-order valence-corrected chi connectivity index (χ4v) is 4.88. The van der Waals surface area contributed by atoms with Gasteiger partial charge in [0.05, 0.1) is 14.2 Å². The highest BCUT2D eigenvalue weighted by molar-refractivity contribution is 7.45. The Hall–Kier alpha value is -4.22. The Morgan fingerprint density at radius 2 is 1.45 bits per heavy atom. The second-order valence-electron chi connectivity index (χ2n) is 9.57. The first-order valence-electron chi connectivity index (χ1n) is 13.3. The predicted molar refractivity (Wildman–Crippen MR) is 161 cm³/mol. The van der Waals surface area contributed by atoms with Gasteiger partial charge in [-0.15, -0.1) is 0 Å². The number of hydrogen-bond acceptors (Lipinski definition) is 9. The summed E-state index contributed by atoms with van der Waals surface area (Å²) in [6, 6.07) is 25.2. The van der Waals surface area contributed by atoms with E-state index < -0.39 is 7.82 Å². The highest BCUT2D eigenvalue weighted by atomic mass is 31.2. The van der Waals surface area contributed by atoms with E-state index in [-0.39, 0.29) is 11.9 Å². The van der Waals surface area contributed by atoms with Crippen LogP contribution < -0.4 is 25.4 Å². The molecule has 42 heavy (non-hydrogen) atoms. The number of fused-ring (bicyclic) bond motifs is 1. The molecule has 222 valence electrons. The molecule has 0 saturated heterocycles. The Morgan fingerprint density at radius 1 is 0.905 bits per heavy atom. The molecule has 1 aliphatic rings. The summed E-state index contributed by atoms with van der Waals surface area (Å²) in [6.45, 7) is 2.12. The number of aromatic nitrogens is 3. The second-order valence-corrected chi connectivity index (χ2v) is 10.6. The van der Waals surface area contributed by atoms with E-state index in [2.05, 4.69) is 74.8 Å². The summed E-state index contributed by atoms with van der Waals surface area (Å²) in [6.07, 6.45) is 1.73. The number of hydrogen-bond donors (Lipinski definition) is 5. The molecule has 3 aromatic carbocycles. The van der Waals surface area contributed by atoms with Gasteiger partial charge in [0.2, 0.25) is 17.8 Å². The van der Waals surface area contributed by atoms with Gasteiger partial charge in [0.1, 0.15) is 0 Å². The summed E-state index contributed by atoms with van der Waals surface area (Å²) in [4.78, 5) is 37.2. The van der Waals surface area contributed by atoms with Gasteiger partial charge in [-0.2, -0.15) is 15.0 Å². The van der Waals surface area contributed by atoms with Crippen molar-refractivity contribution >= 4 is 25.7 Å². The number of nitrogens with zero attached hydrogens (tertiary/aromatic N) is 4. The van der Waals surface area contributed by atoms with Gasteiger partial charge >= 0.3 is 7.82 Å². The third-order valence-corrected chi connectivity index (χ3v) is 6.76. The zero-order valence-electron chi connectivity index (χ0n) is 23.4. The van der Waals surface area contributed by atoms with Crippen LogP contribution in [-0.2, 0) is 17.5 Å². The van der Waals surface area contributed by atoms with Crippen molar-refractivity contribution in [2.45, 2.75) is 25.3 Å². The van der Waals surface area contributed by atoms with E-state index in [1.807, 2.05) is 18.2 Å². The summed E-state index contributed by atoms with van der Waals surface area (Å²) in [5, 5.41) is 3.38. The molecule has 5 rings (SSSR count). The number of nitrogen functional groups attached to an aromatic ring is 1. The predicted octanol–water partition coefficient (Wildman–Crippen LogP) is 3.74. The monoisotopic (exact) mass is 594 g/mol. The van der Waals surface area contributed by atoms with Crippen LogP contribution in [0, 0.1) is 0 Å². The number of nitrogens with two attached hydrogens (primary N) is 1. The zero-order chi connectivity index (χ0) is 30.1. The molecule has 13 heteroatoms. The van der Waals surface area contributed by atoms with Crippen molar-refractivity contribution in [3.8, 4) is 11.5 Å². The minimum Gasteiger partial charge on any atom is -0.493 e. The van der Waals surface area contributed by atoms with Gasteiger partial charge in [-0.05, 0) is 47.2 Å². The lowest BCUT2D eigenvalue weighted by molar-refractivity contribution is 0.275. The van der Waals surface area contributed by atoms with Crippen molar-refractivity contribution in [1.82, 2.24) is 15.0 Å². The average molecular weight is 595 g/mol. The topological polar surface area (TPSA) is 176 Å². The zero-order valence-corrected chi connectivity index (χ0v) is 24.3.